The molecule has 2 atom stereocenters. The average Bonchev–Trinajstić information content (AvgIpc) is 3.35. The van der Waals surface area contributed by atoms with Crippen molar-refractivity contribution in [3.63, 3.8) is 0 Å². The Kier molecular flexibility index (Phi) is 7.58. The first-order chi connectivity index (χ1) is 15.6. The Morgan fingerprint density at radius 1 is 1.00 bits per heavy atom. The lowest BCUT2D eigenvalue weighted by Crippen LogP contribution is -2.52. The molecule has 2 aromatic carbocycles. The van der Waals surface area contributed by atoms with Crippen molar-refractivity contribution in [1.29, 1.82) is 0 Å². The number of hydrogen-bond acceptors (Lipinski definition) is 5. The molecule has 1 aromatic heterocycles. The van der Waals surface area contributed by atoms with Crippen LogP contribution in [0.2, 0.25) is 0 Å². The highest BCUT2D eigenvalue weighted by Crippen LogP contribution is 2.30. The molecule has 1 amide bonds. The zero-order valence-corrected chi connectivity index (χ0v) is 19.6. The summed E-state index contributed by atoms with van der Waals surface area (Å²) in [5, 5.41) is 5.36. The number of nitrogens with zero attached hydrogens (tertiary/aromatic N) is 2. The first-order valence-electron chi connectivity index (χ1n) is 11.1. The maximum atomic E-state index is 12.9. The Morgan fingerprint density at radius 2 is 1.72 bits per heavy atom. The summed E-state index contributed by atoms with van der Waals surface area (Å²) in [4.78, 5) is 19.2. The van der Waals surface area contributed by atoms with Crippen LogP contribution in [0.5, 0.6) is 5.75 Å². The first-order valence-corrected chi connectivity index (χ1v) is 12.0. The number of hydrogen-bond donors (Lipinski definition) is 1. The van der Waals surface area contributed by atoms with Crippen molar-refractivity contribution in [1.82, 2.24) is 15.1 Å². The summed E-state index contributed by atoms with van der Waals surface area (Å²) in [5.41, 5.74) is 2.01. The number of amides is 1. The Bertz CT molecular complexity index is 968. The summed E-state index contributed by atoms with van der Waals surface area (Å²) >= 11 is 1.76. The van der Waals surface area contributed by atoms with Crippen LogP contribution >= 0.6 is 11.3 Å². The van der Waals surface area contributed by atoms with E-state index in [2.05, 4.69) is 69.9 Å². The minimum atomic E-state index is -0.0515. The minimum absolute atomic E-state index is 0.0103. The van der Waals surface area contributed by atoms with Crippen LogP contribution < -0.4 is 10.1 Å². The van der Waals surface area contributed by atoms with E-state index in [9.17, 15) is 4.79 Å². The summed E-state index contributed by atoms with van der Waals surface area (Å²) in [6, 6.07) is 22.3. The molecule has 2 heterocycles. The van der Waals surface area contributed by atoms with Gasteiger partial charge in [0.1, 0.15) is 5.75 Å². The van der Waals surface area contributed by atoms with Crippen LogP contribution in [0.1, 0.15) is 33.8 Å². The molecule has 0 unspecified atom stereocenters. The van der Waals surface area contributed by atoms with E-state index < -0.39 is 0 Å². The smallest absolute Gasteiger partial charge is 0.251 e. The number of carbonyl (C=O) groups excluding carboxylic acids is 1. The molecule has 3 aromatic rings. The first kappa shape index (κ1) is 22.5. The van der Waals surface area contributed by atoms with Crippen LogP contribution in [0.15, 0.2) is 72.1 Å². The van der Waals surface area contributed by atoms with E-state index in [1.807, 2.05) is 24.3 Å². The number of rotatable bonds is 8. The lowest BCUT2D eigenvalue weighted by atomic mass is 10.0. The third-order valence-electron chi connectivity index (χ3n) is 6.07. The van der Waals surface area contributed by atoms with Gasteiger partial charge in [-0.15, -0.1) is 11.3 Å². The standard InChI is InChI=1S/C26H31N3O2S/c1-20(27-26(30)22-10-12-23(31-2)13-11-22)25(24-9-6-18-32-24)29-16-14-28(15-17-29)19-21-7-4-3-5-8-21/h3-13,18,20,25H,14-17,19H2,1-2H3,(H,27,30)/t20-,25+/m1/s1. The van der Waals surface area contributed by atoms with E-state index >= 15 is 0 Å². The quantitative estimate of drug-likeness (QED) is 0.552. The topological polar surface area (TPSA) is 44.8 Å². The van der Waals surface area contributed by atoms with Gasteiger partial charge in [-0.2, -0.15) is 0 Å². The van der Waals surface area contributed by atoms with E-state index in [0.717, 1.165) is 38.5 Å². The summed E-state index contributed by atoms with van der Waals surface area (Å²) in [6.07, 6.45) is 0. The minimum Gasteiger partial charge on any atom is -0.497 e. The van der Waals surface area contributed by atoms with Crippen LogP contribution in [0.3, 0.4) is 0 Å². The molecule has 32 heavy (non-hydrogen) atoms. The molecule has 1 aliphatic rings. The molecular formula is C26H31N3O2S. The molecule has 1 N–H and O–H groups in total. The van der Waals surface area contributed by atoms with Gasteiger partial charge in [0.25, 0.3) is 5.91 Å². The number of benzene rings is 2. The van der Waals surface area contributed by atoms with Gasteiger partial charge in [0.05, 0.1) is 13.2 Å². The van der Waals surface area contributed by atoms with Gasteiger partial charge in [0.15, 0.2) is 0 Å². The van der Waals surface area contributed by atoms with Crippen molar-refractivity contribution in [3.05, 3.63) is 88.1 Å². The van der Waals surface area contributed by atoms with E-state index in [1.165, 1.54) is 10.4 Å². The molecule has 168 valence electrons. The van der Waals surface area contributed by atoms with Crippen LogP contribution in [0.4, 0.5) is 0 Å². The van der Waals surface area contributed by atoms with Crippen molar-refractivity contribution < 1.29 is 9.53 Å². The third kappa shape index (κ3) is 5.57. The second-order valence-electron chi connectivity index (χ2n) is 8.25. The second-order valence-corrected chi connectivity index (χ2v) is 9.23. The van der Waals surface area contributed by atoms with Crippen molar-refractivity contribution in [2.45, 2.75) is 25.6 Å². The van der Waals surface area contributed by atoms with Gasteiger partial charge in [-0.3, -0.25) is 14.6 Å². The summed E-state index contributed by atoms with van der Waals surface area (Å²) < 4.78 is 5.20. The molecule has 0 radical (unpaired) electrons. The summed E-state index contributed by atoms with van der Waals surface area (Å²) in [7, 11) is 1.63. The Balaban J connectivity index is 1.40. The van der Waals surface area contributed by atoms with Crippen LogP contribution in [0.25, 0.3) is 0 Å². The summed E-state index contributed by atoms with van der Waals surface area (Å²) in [6.45, 7) is 7.12. The SMILES string of the molecule is COc1ccc(C(=O)N[C@H](C)[C@@H](c2cccs2)N2CCN(Cc3ccccc3)CC2)cc1. The van der Waals surface area contributed by atoms with E-state index in [4.69, 9.17) is 4.74 Å². The molecule has 4 rings (SSSR count). The molecule has 6 heteroatoms. The molecule has 0 bridgehead atoms. The highest BCUT2D eigenvalue weighted by molar-refractivity contribution is 7.10. The largest absolute Gasteiger partial charge is 0.497 e. The molecule has 0 spiro atoms. The monoisotopic (exact) mass is 449 g/mol. The number of thiophene rings is 1. The third-order valence-corrected chi connectivity index (χ3v) is 7.01. The Hall–Kier alpha value is -2.67. The van der Waals surface area contributed by atoms with E-state index in [1.54, 1.807) is 18.4 Å². The molecule has 0 aliphatic carbocycles. The fourth-order valence-electron chi connectivity index (χ4n) is 4.35. The van der Waals surface area contributed by atoms with Gasteiger partial charge < -0.3 is 10.1 Å². The van der Waals surface area contributed by atoms with E-state index in [-0.39, 0.29) is 18.0 Å². The van der Waals surface area contributed by atoms with Crippen LogP contribution in [-0.2, 0) is 6.54 Å². The number of nitrogens with one attached hydrogen (secondary N) is 1. The lowest BCUT2D eigenvalue weighted by Gasteiger charge is -2.41. The lowest BCUT2D eigenvalue weighted by molar-refractivity contribution is 0.0714. The zero-order valence-electron chi connectivity index (χ0n) is 18.7. The molecule has 0 saturated carbocycles. The maximum absolute atomic E-state index is 12.9. The number of methoxy groups -OCH3 is 1. The Labute approximate surface area is 194 Å². The van der Waals surface area contributed by atoms with Crippen molar-refractivity contribution >= 4 is 17.2 Å². The van der Waals surface area contributed by atoms with Crippen molar-refractivity contribution in [3.8, 4) is 5.75 Å². The predicted octanol–water partition coefficient (Wildman–Crippen LogP) is 4.43. The van der Waals surface area contributed by atoms with Gasteiger partial charge in [-0.25, -0.2) is 0 Å². The molecule has 1 fully saturated rings. The van der Waals surface area contributed by atoms with Gasteiger partial charge in [-0.1, -0.05) is 36.4 Å². The van der Waals surface area contributed by atoms with Gasteiger partial charge in [-0.05, 0) is 48.2 Å². The van der Waals surface area contributed by atoms with Gasteiger partial charge in [0, 0.05) is 49.2 Å². The molecule has 1 saturated heterocycles. The highest BCUT2D eigenvalue weighted by atomic mass is 32.1. The number of carbonyl (C=O) groups is 1. The number of piperazine rings is 1. The van der Waals surface area contributed by atoms with Crippen LogP contribution in [0, 0.1) is 0 Å². The van der Waals surface area contributed by atoms with Gasteiger partial charge >= 0.3 is 0 Å². The van der Waals surface area contributed by atoms with Crippen molar-refractivity contribution in [2.24, 2.45) is 0 Å². The zero-order chi connectivity index (χ0) is 22.3. The Morgan fingerprint density at radius 3 is 2.34 bits per heavy atom. The van der Waals surface area contributed by atoms with Gasteiger partial charge in [0.2, 0.25) is 0 Å². The fraction of sp³-hybridized carbons (Fsp3) is 0.346. The second kappa shape index (κ2) is 10.8. The maximum Gasteiger partial charge on any atom is 0.251 e. The molecular weight excluding hydrogens is 418 g/mol. The average molecular weight is 450 g/mol. The van der Waals surface area contributed by atoms with Crippen LogP contribution in [-0.4, -0.2) is 55.0 Å². The highest BCUT2D eigenvalue weighted by Gasteiger charge is 2.31. The molecule has 1 aliphatic heterocycles. The number of ether oxygens (including phenoxy) is 1. The predicted molar refractivity (Wildman–Crippen MR) is 130 cm³/mol. The molecule has 5 nitrogen and oxygen atoms in total. The van der Waals surface area contributed by atoms with Crippen molar-refractivity contribution in [2.75, 3.05) is 33.3 Å². The fourth-order valence-corrected chi connectivity index (χ4v) is 5.32. The normalized spacial score (nSPS) is 16.9. The summed E-state index contributed by atoms with van der Waals surface area (Å²) in [5.74, 6) is 0.698. The van der Waals surface area contributed by atoms with E-state index in [0.29, 0.717) is 5.56 Å².